The van der Waals surface area contributed by atoms with Crippen molar-refractivity contribution in [2.24, 2.45) is 0 Å². The molecule has 2 amide bonds. The van der Waals surface area contributed by atoms with E-state index in [1.54, 1.807) is 44.6 Å². The molecule has 2 saturated heterocycles. The Bertz CT molecular complexity index is 1910. The van der Waals surface area contributed by atoms with Crippen molar-refractivity contribution in [2.45, 2.75) is 90.9 Å². The van der Waals surface area contributed by atoms with E-state index in [1.807, 2.05) is 24.3 Å². The Labute approximate surface area is 365 Å². The second-order valence-electron chi connectivity index (χ2n) is 13.2. The first kappa shape index (κ1) is 44.5. The van der Waals surface area contributed by atoms with Gasteiger partial charge in [0, 0.05) is 42.4 Å². The van der Waals surface area contributed by atoms with Crippen LogP contribution in [0.4, 0.5) is 0 Å². The number of carbonyl (C=O) groups excluding carboxylic acids is 4. The quantitative estimate of drug-likeness (QED) is 0.0376. The van der Waals surface area contributed by atoms with Crippen LogP contribution in [0.1, 0.15) is 120 Å². The number of carbonyl (C=O) groups is 4. The Hall–Kier alpha value is -2.56. The molecule has 0 unspecified atom stereocenters. The molecule has 0 N–H and O–H groups in total. The third kappa shape index (κ3) is 12.7. The van der Waals surface area contributed by atoms with Crippen LogP contribution in [0.3, 0.4) is 0 Å². The van der Waals surface area contributed by atoms with Gasteiger partial charge in [0.15, 0.2) is 12.6 Å². The number of thiocarbonyl (C=S) groups is 2. The summed E-state index contributed by atoms with van der Waals surface area (Å²) in [5, 5.41) is 0. The van der Waals surface area contributed by atoms with E-state index in [0.29, 0.717) is 41.3 Å². The molecule has 56 heavy (non-hydrogen) atoms. The van der Waals surface area contributed by atoms with Gasteiger partial charge in [-0.15, -0.1) is 45.3 Å². The van der Waals surface area contributed by atoms with Gasteiger partial charge in [-0.3, -0.25) is 29.0 Å². The zero-order valence-electron chi connectivity index (χ0n) is 31.6. The highest BCUT2D eigenvalue weighted by Crippen LogP contribution is 2.40. The summed E-state index contributed by atoms with van der Waals surface area (Å²) < 4.78 is 1.33. The summed E-state index contributed by atoms with van der Waals surface area (Å²) in [6.07, 6.45) is 19.9. The minimum atomic E-state index is 0.0284. The number of nitrogens with zero attached hydrogens (tertiary/aromatic N) is 2. The van der Waals surface area contributed by atoms with E-state index in [9.17, 15) is 19.2 Å². The summed E-state index contributed by atoms with van der Waals surface area (Å²) in [7, 11) is 0. The second kappa shape index (κ2) is 23.1. The first-order chi connectivity index (χ1) is 27.2. The van der Waals surface area contributed by atoms with E-state index >= 15 is 0 Å². The van der Waals surface area contributed by atoms with Crippen molar-refractivity contribution in [2.75, 3.05) is 13.1 Å². The third-order valence-electron chi connectivity index (χ3n) is 8.99. The van der Waals surface area contributed by atoms with Crippen molar-refractivity contribution in [1.29, 1.82) is 0 Å². The number of rotatable bonds is 20. The standard InChI is InChI=1S/C32H40N2O2S6.C10H6O2S2/c1-3-5-7-9-11-13-19-33-29(35)27(41-31(33)37)21-23-15-17-25(39-23)26-18-16-24(40-26)22-28-30(36)34(32(38)42-28)20-14-12-10-8-6-4-2;11-5-7-1-3-9(13-7)10-4-2-8(6-12)14-10/h15-18,21-22H,3-14,19-20H2,1-2H3;1-6H/b27-21-,28-22-;. The molecule has 2 fully saturated rings. The first-order valence-corrected chi connectivity index (χ1v) is 24.8. The summed E-state index contributed by atoms with van der Waals surface area (Å²) >= 11 is 20.1. The fraction of sp³-hybridized carbons (Fsp3) is 0.381. The lowest BCUT2D eigenvalue weighted by molar-refractivity contribution is -0.123. The van der Waals surface area contributed by atoms with Gasteiger partial charge >= 0.3 is 0 Å². The summed E-state index contributed by atoms with van der Waals surface area (Å²) in [5.41, 5.74) is 0. The van der Waals surface area contributed by atoms with Gasteiger partial charge in [-0.2, -0.15) is 0 Å². The van der Waals surface area contributed by atoms with Gasteiger partial charge in [0.25, 0.3) is 11.8 Å². The summed E-state index contributed by atoms with van der Waals surface area (Å²) in [5.74, 6) is 0.0569. The van der Waals surface area contributed by atoms with Crippen LogP contribution >= 0.6 is 93.3 Å². The van der Waals surface area contributed by atoms with Crippen LogP contribution in [0.2, 0.25) is 0 Å². The van der Waals surface area contributed by atoms with Gasteiger partial charge < -0.3 is 0 Å². The lowest BCUT2D eigenvalue weighted by Gasteiger charge is -2.13. The van der Waals surface area contributed by atoms with Gasteiger partial charge in [-0.25, -0.2) is 0 Å². The molecule has 4 aromatic heterocycles. The fourth-order valence-electron chi connectivity index (χ4n) is 5.97. The predicted octanol–water partition coefficient (Wildman–Crippen LogP) is 13.7. The van der Waals surface area contributed by atoms with Gasteiger partial charge in [0.1, 0.15) is 8.64 Å². The highest BCUT2D eigenvalue weighted by molar-refractivity contribution is 8.27. The molecular formula is C42H46N2O4S8. The second-order valence-corrected chi connectivity index (χ2v) is 21.1. The molecule has 4 aromatic rings. The number of hydrogen-bond acceptors (Lipinski definition) is 12. The van der Waals surface area contributed by atoms with E-state index in [2.05, 4.69) is 38.1 Å². The summed E-state index contributed by atoms with van der Waals surface area (Å²) in [6.45, 7) is 5.86. The van der Waals surface area contributed by atoms with Gasteiger partial charge in [0.05, 0.1) is 19.6 Å². The van der Waals surface area contributed by atoms with Gasteiger partial charge in [0.2, 0.25) is 0 Å². The maximum atomic E-state index is 13.0. The van der Waals surface area contributed by atoms with Crippen LogP contribution < -0.4 is 0 Å². The molecular weight excluding hydrogens is 853 g/mol. The number of thiophene rings is 4. The van der Waals surface area contributed by atoms with Crippen LogP contribution in [0, 0.1) is 0 Å². The van der Waals surface area contributed by atoms with Crippen LogP contribution in [0.15, 0.2) is 58.3 Å². The van der Waals surface area contributed by atoms with Gasteiger partial charge in [-0.05, 0) is 73.5 Å². The summed E-state index contributed by atoms with van der Waals surface area (Å²) in [4.78, 5) is 59.8. The van der Waals surface area contributed by atoms with Crippen molar-refractivity contribution in [3.63, 3.8) is 0 Å². The van der Waals surface area contributed by atoms with Gasteiger partial charge in [-0.1, -0.05) is 126 Å². The average molecular weight is 899 g/mol. The number of thioether (sulfide) groups is 2. The first-order valence-electron chi connectivity index (χ1n) is 19.1. The number of unbranched alkanes of at least 4 members (excludes halogenated alkanes) is 10. The Kier molecular flexibility index (Phi) is 18.4. The molecule has 6 rings (SSSR count). The fourth-order valence-corrected chi connectivity index (χ4v) is 12.4. The van der Waals surface area contributed by atoms with Crippen molar-refractivity contribution >= 4 is 138 Å². The maximum absolute atomic E-state index is 13.0. The largest absolute Gasteiger partial charge is 0.297 e. The van der Waals surface area contributed by atoms with E-state index in [-0.39, 0.29) is 11.8 Å². The minimum Gasteiger partial charge on any atom is -0.297 e. The molecule has 6 nitrogen and oxygen atoms in total. The Morgan fingerprint density at radius 3 is 1.14 bits per heavy atom. The van der Waals surface area contributed by atoms with E-state index in [0.717, 1.165) is 67.5 Å². The molecule has 2 aliphatic rings. The van der Waals surface area contributed by atoms with Crippen molar-refractivity contribution < 1.29 is 19.2 Å². The van der Waals surface area contributed by atoms with Crippen molar-refractivity contribution in [1.82, 2.24) is 9.80 Å². The smallest absolute Gasteiger partial charge is 0.266 e. The van der Waals surface area contributed by atoms with Crippen LogP contribution in [-0.2, 0) is 9.59 Å². The Morgan fingerprint density at radius 1 is 0.482 bits per heavy atom. The van der Waals surface area contributed by atoms with E-state index in [4.69, 9.17) is 24.4 Å². The summed E-state index contributed by atoms with van der Waals surface area (Å²) in [6, 6.07) is 15.7. The molecule has 0 bridgehead atoms. The third-order valence-corrected chi connectivity index (χ3v) is 16.2. The number of hydrogen-bond donors (Lipinski definition) is 0. The molecule has 0 atom stereocenters. The average Bonchev–Trinajstić information content (AvgIpc) is 4.06. The van der Waals surface area contributed by atoms with Crippen molar-refractivity contribution in [3.8, 4) is 19.5 Å². The molecule has 0 spiro atoms. The Morgan fingerprint density at radius 2 is 0.804 bits per heavy atom. The molecule has 14 heteroatoms. The van der Waals surface area contributed by atoms with Crippen LogP contribution in [0.25, 0.3) is 31.7 Å². The van der Waals surface area contributed by atoms with E-state index < -0.39 is 0 Å². The zero-order chi connectivity index (χ0) is 39.9. The monoisotopic (exact) mass is 898 g/mol. The molecule has 0 aliphatic carbocycles. The highest BCUT2D eigenvalue weighted by atomic mass is 32.2. The molecule has 2 aliphatic heterocycles. The van der Waals surface area contributed by atoms with E-state index in [1.165, 1.54) is 97.6 Å². The van der Waals surface area contributed by atoms with Crippen LogP contribution in [-0.4, -0.2) is 55.9 Å². The Balaban J connectivity index is 0.000000357. The minimum absolute atomic E-state index is 0.0284. The molecule has 296 valence electrons. The molecule has 0 radical (unpaired) electrons. The SMILES string of the molecule is CCCCCCCCN1C(=O)/C(=C/c2ccc(-c3ccc(/C=C4\SC(=S)N(CCCCCCCC)C4=O)s3)s2)SC1=S.O=Cc1ccc(-c2ccc(C=O)s2)s1. The highest BCUT2D eigenvalue weighted by Gasteiger charge is 2.32. The lowest BCUT2D eigenvalue weighted by Crippen LogP contribution is -2.28. The van der Waals surface area contributed by atoms with Crippen molar-refractivity contribution in [3.05, 3.63) is 77.8 Å². The normalized spacial score (nSPS) is 15.8. The number of amides is 2. The predicted molar refractivity (Wildman–Crippen MR) is 253 cm³/mol. The molecule has 0 saturated carbocycles. The maximum Gasteiger partial charge on any atom is 0.266 e. The topological polar surface area (TPSA) is 74.8 Å². The zero-order valence-corrected chi connectivity index (χ0v) is 38.2. The van der Waals surface area contributed by atoms with Crippen LogP contribution in [0.5, 0.6) is 0 Å². The molecule has 0 aromatic carbocycles. The molecule has 6 heterocycles. The lowest BCUT2D eigenvalue weighted by atomic mass is 10.1. The number of aldehydes is 2.